The van der Waals surface area contributed by atoms with Gasteiger partial charge in [-0.1, -0.05) is 11.6 Å². The molecule has 0 aliphatic carbocycles. The molecule has 5 N–H and O–H groups in total. The summed E-state index contributed by atoms with van der Waals surface area (Å²) in [6.45, 7) is 3.00. The SMILES string of the molecule is COc1ccc(-c2cnc(C(=O)Nc3ccc(C(=O)N4CCC(C(=O)N[C@@H](C)CN)CC4)c(Cl)c3)n2C)c(F)c1F.O=C(O)C(F)(F)F. The maximum atomic E-state index is 14.6. The van der Waals surface area contributed by atoms with Crippen LogP contribution >= 0.6 is 11.6 Å². The number of rotatable bonds is 8. The number of nitrogens with zero attached hydrogens (tertiary/aromatic N) is 3. The molecule has 1 aromatic heterocycles. The van der Waals surface area contributed by atoms with Crippen molar-refractivity contribution >= 4 is 41.0 Å². The number of carboxylic acid groups (broad SMARTS) is 1. The predicted octanol–water partition coefficient (Wildman–Crippen LogP) is 4.23. The van der Waals surface area contributed by atoms with Crippen LogP contribution in [0.2, 0.25) is 5.02 Å². The zero-order valence-corrected chi connectivity index (χ0v) is 26.6. The largest absolute Gasteiger partial charge is 0.494 e. The van der Waals surface area contributed by atoms with Crippen molar-refractivity contribution in [1.29, 1.82) is 0 Å². The Bertz CT molecular complexity index is 1680. The monoisotopic (exact) mass is 702 g/mol. The number of alkyl halides is 3. The minimum absolute atomic E-state index is 0.0559. The molecule has 0 unspecified atom stereocenters. The van der Waals surface area contributed by atoms with Crippen molar-refractivity contribution < 1.29 is 51.0 Å². The molecule has 1 aliphatic rings. The van der Waals surface area contributed by atoms with Crippen LogP contribution in [0.3, 0.4) is 0 Å². The third kappa shape index (κ3) is 8.97. The molecule has 1 saturated heterocycles. The van der Waals surface area contributed by atoms with Crippen molar-refractivity contribution in [1.82, 2.24) is 19.8 Å². The Morgan fingerprint density at radius 2 is 1.75 bits per heavy atom. The number of nitrogens with two attached hydrogens (primary N) is 1. The van der Waals surface area contributed by atoms with Gasteiger partial charge in [0.05, 0.1) is 29.6 Å². The van der Waals surface area contributed by atoms with Crippen LogP contribution in [0, 0.1) is 17.6 Å². The van der Waals surface area contributed by atoms with Crippen LogP contribution in [0.5, 0.6) is 5.75 Å². The van der Waals surface area contributed by atoms with Gasteiger partial charge in [0.2, 0.25) is 11.7 Å². The number of benzene rings is 2. The number of hydrogen-bond donors (Lipinski definition) is 4. The molecule has 1 aliphatic heterocycles. The van der Waals surface area contributed by atoms with Crippen molar-refractivity contribution in [3.8, 4) is 17.0 Å². The molecule has 260 valence electrons. The van der Waals surface area contributed by atoms with E-state index in [0.717, 1.165) is 0 Å². The number of hydrogen-bond acceptors (Lipinski definition) is 7. The quantitative estimate of drug-likeness (QED) is 0.253. The highest BCUT2D eigenvalue weighted by atomic mass is 35.5. The predicted molar refractivity (Wildman–Crippen MR) is 163 cm³/mol. The fraction of sp³-hybridized carbons (Fsp3) is 0.367. The average molecular weight is 703 g/mol. The van der Waals surface area contributed by atoms with Crippen molar-refractivity contribution in [2.24, 2.45) is 18.7 Å². The standard InChI is InChI=1S/C28H31ClF2N6O4.C2HF3O2/c1-15(13-32)34-26(38)16-8-10-37(11-9-16)28(40)18-5-4-17(12-20(18)29)35-27(39)25-33-14-21(36(25)2)19-6-7-22(41-3)24(31)23(19)30;3-2(4,5)1(6)7/h4-7,12,14-16H,8-11,13,32H2,1-3H3,(H,34,38)(H,35,39);(H,6,7)/t15-;/m0./s1. The van der Waals surface area contributed by atoms with Crippen LogP contribution in [-0.4, -0.2) is 82.2 Å². The smallest absolute Gasteiger partial charge is 0.490 e. The molecule has 0 spiro atoms. The minimum atomic E-state index is -5.08. The van der Waals surface area contributed by atoms with Crippen LogP contribution in [0.25, 0.3) is 11.3 Å². The second-order valence-electron chi connectivity index (χ2n) is 10.6. The average Bonchev–Trinajstić information content (AvgIpc) is 3.42. The summed E-state index contributed by atoms with van der Waals surface area (Å²) in [5.74, 6) is -6.46. The summed E-state index contributed by atoms with van der Waals surface area (Å²) in [6, 6.07) is 7.01. The zero-order chi connectivity index (χ0) is 35.9. The summed E-state index contributed by atoms with van der Waals surface area (Å²) < 4.78 is 66.7. The Morgan fingerprint density at radius 1 is 1.12 bits per heavy atom. The molecule has 1 fully saturated rings. The number of nitrogens with one attached hydrogen (secondary N) is 2. The maximum absolute atomic E-state index is 14.6. The van der Waals surface area contributed by atoms with Gasteiger partial charge in [-0.15, -0.1) is 0 Å². The van der Waals surface area contributed by atoms with Gasteiger partial charge in [0.1, 0.15) is 0 Å². The van der Waals surface area contributed by atoms with Crippen molar-refractivity contribution in [3.63, 3.8) is 0 Å². The Balaban J connectivity index is 0.000000804. The summed E-state index contributed by atoms with van der Waals surface area (Å²) in [6.07, 6.45) is -2.77. The molecule has 0 radical (unpaired) electrons. The number of methoxy groups -OCH3 is 1. The first-order valence-corrected chi connectivity index (χ1v) is 14.6. The van der Waals surface area contributed by atoms with E-state index in [1.807, 2.05) is 6.92 Å². The highest BCUT2D eigenvalue weighted by Gasteiger charge is 2.38. The third-order valence-corrected chi connectivity index (χ3v) is 7.64. The number of amides is 3. The minimum Gasteiger partial charge on any atom is -0.494 e. The zero-order valence-electron chi connectivity index (χ0n) is 25.8. The first-order chi connectivity index (χ1) is 22.5. The first kappa shape index (κ1) is 37.7. The van der Waals surface area contributed by atoms with Crippen molar-refractivity contribution in [2.45, 2.75) is 32.0 Å². The van der Waals surface area contributed by atoms with Gasteiger partial charge < -0.3 is 35.7 Å². The van der Waals surface area contributed by atoms with Crippen molar-refractivity contribution in [2.75, 3.05) is 32.1 Å². The number of carboxylic acids is 1. The van der Waals surface area contributed by atoms with E-state index in [1.165, 1.54) is 55.3 Å². The lowest BCUT2D eigenvalue weighted by Gasteiger charge is -2.32. The highest BCUT2D eigenvalue weighted by Crippen LogP contribution is 2.30. The Morgan fingerprint density at radius 3 is 2.29 bits per heavy atom. The summed E-state index contributed by atoms with van der Waals surface area (Å²) >= 11 is 6.41. The molecule has 3 aromatic rings. The number of aliphatic carboxylic acids is 1. The lowest BCUT2D eigenvalue weighted by Crippen LogP contribution is -2.46. The second-order valence-corrected chi connectivity index (χ2v) is 11.0. The van der Waals surface area contributed by atoms with Gasteiger partial charge in [-0.3, -0.25) is 14.4 Å². The van der Waals surface area contributed by atoms with E-state index in [-0.39, 0.29) is 57.2 Å². The molecule has 2 heterocycles. The van der Waals surface area contributed by atoms with E-state index in [2.05, 4.69) is 15.6 Å². The van der Waals surface area contributed by atoms with E-state index < -0.39 is 29.7 Å². The Kier molecular flexibility index (Phi) is 12.5. The molecule has 1 atom stereocenters. The number of carbonyl (C=O) groups excluding carboxylic acids is 3. The number of likely N-dealkylation sites (tertiary alicyclic amines) is 1. The molecule has 12 nitrogen and oxygen atoms in total. The van der Waals surface area contributed by atoms with E-state index >= 15 is 0 Å². The van der Waals surface area contributed by atoms with Gasteiger partial charge in [0, 0.05) is 49.9 Å². The molecule has 4 rings (SSSR count). The molecular formula is C30H32ClF5N6O6. The number of ether oxygens (including phenoxy) is 1. The molecule has 0 bridgehead atoms. The molecule has 3 amide bonds. The summed E-state index contributed by atoms with van der Waals surface area (Å²) in [4.78, 5) is 53.0. The van der Waals surface area contributed by atoms with Gasteiger partial charge in [-0.2, -0.15) is 17.6 Å². The second kappa shape index (κ2) is 15.9. The number of halogens is 6. The molecule has 0 saturated carbocycles. The molecule has 18 heteroatoms. The lowest BCUT2D eigenvalue weighted by molar-refractivity contribution is -0.192. The number of piperidine rings is 1. The van der Waals surface area contributed by atoms with Crippen LogP contribution in [0.4, 0.5) is 27.6 Å². The normalized spacial score (nSPS) is 14.0. The topological polar surface area (TPSA) is 169 Å². The van der Waals surface area contributed by atoms with E-state index in [4.69, 9.17) is 32.0 Å². The number of carbonyl (C=O) groups is 4. The van der Waals surface area contributed by atoms with Crippen LogP contribution in [0.1, 0.15) is 40.7 Å². The van der Waals surface area contributed by atoms with Crippen LogP contribution in [0.15, 0.2) is 36.5 Å². The van der Waals surface area contributed by atoms with E-state index in [1.54, 1.807) is 4.90 Å². The van der Waals surface area contributed by atoms with E-state index in [9.17, 15) is 36.3 Å². The molecule has 2 aromatic carbocycles. The van der Waals surface area contributed by atoms with Gasteiger partial charge in [-0.05, 0) is 50.1 Å². The first-order valence-electron chi connectivity index (χ1n) is 14.2. The number of anilines is 1. The van der Waals surface area contributed by atoms with Crippen LogP contribution in [-0.2, 0) is 16.6 Å². The van der Waals surface area contributed by atoms with E-state index in [0.29, 0.717) is 38.2 Å². The van der Waals surface area contributed by atoms with Crippen molar-refractivity contribution in [3.05, 3.63) is 64.6 Å². The summed E-state index contributed by atoms with van der Waals surface area (Å²) in [5.41, 5.74) is 6.24. The maximum Gasteiger partial charge on any atom is 0.490 e. The molecular weight excluding hydrogens is 671 g/mol. The Hall–Kier alpha value is -4.77. The fourth-order valence-electron chi connectivity index (χ4n) is 4.65. The highest BCUT2D eigenvalue weighted by molar-refractivity contribution is 6.34. The number of aromatic nitrogens is 2. The van der Waals surface area contributed by atoms with Gasteiger partial charge in [0.25, 0.3) is 11.8 Å². The van der Waals surface area contributed by atoms with Gasteiger partial charge >= 0.3 is 12.1 Å². The lowest BCUT2D eigenvalue weighted by atomic mass is 9.95. The summed E-state index contributed by atoms with van der Waals surface area (Å²) in [5, 5.41) is 12.8. The summed E-state index contributed by atoms with van der Waals surface area (Å²) in [7, 11) is 2.73. The molecule has 48 heavy (non-hydrogen) atoms. The number of imidazole rings is 1. The van der Waals surface area contributed by atoms with Gasteiger partial charge in [0.15, 0.2) is 17.4 Å². The Labute approximate surface area is 276 Å². The fourth-order valence-corrected chi connectivity index (χ4v) is 4.91. The van der Waals surface area contributed by atoms with Crippen LogP contribution < -0.4 is 21.1 Å². The third-order valence-electron chi connectivity index (χ3n) is 7.33. The van der Waals surface area contributed by atoms with Gasteiger partial charge in [-0.25, -0.2) is 14.2 Å².